The number of halogens is 1. The third-order valence-electron chi connectivity index (χ3n) is 4.98. The van der Waals surface area contributed by atoms with Gasteiger partial charge < -0.3 is 5.11 Å². The second kappa shape index (κ2) is 8.04. The van der Waals surface area contributed by atoms with E-state index in [0.717, 1.165) is 6.07 Å². The first-order valence-electron chi connectivity index (χ1n) is 9.25. The average Bonchev–Trinajstić information content (AvgIpc) is 3.04. The monoisotopic (exact) mass is 434 g/mol. The van der Waals surface area contributed by atoms with Crippen LogP contribution in [0.4, 0.5) is 11.4 Å². The van der Waals surface area contributed by atoms with Gasteiger partial charge in [0, 0.05) is 28.4 Å². The van der Waals surface area contributed by atoms with Gasteiger partial charge >= 0.3 is 0 Å². The molecule has 1 aliphatic rings. The first-order valence-corrected chi connectivity index (χ1v) is 9.62. The molecule has 3 aromatic carbocycles. The normalized spacial score (nSPS) is 17.7. The number of aliphatic hydroxyl groups is 1. The molecule has 8 heteroatoms. The largest absolute Gasteiger partial charge is 0.507 e. The molecule has 3 aromatic rings. The maximum atomic E-state index is 13.0. The van der Waals surface area contributed by atoms with Gasteiger partial charge in [0.2, 0.25) is 0 Å². The number of nitro benzene ring substituents is 1. The van der Waals surface area contributed by atoms with E-state index in [1.165, 1.54) is 23.1 Å². The number of hydrogen-bond acceptors (Lipinski definition) is 5. The Morgan fingerprint density at radius 3 is 2.35 bits per heavy atom. The van der Waals surface area contributed by atoms with Gasteiger partial charge in [0.05, 0.1) is 16.5 Å². The van der Waals surface area contributed by atoms with Gasteiger partial charge in [0.25, 0.3) is 17.4 Å². The molecule has 1 amide bonds. The summed E-state index contributed by atoms with van der Waals surface area (Å²) in [6, 6.07) is 19.6. The van der Waals surface area contributed by atoms with Gasteiger partial charge in [-0.15, -0.1) is 0 Å². The number of nitrogens with zero attached hydrogens (tertiary/aromatic N) is 2. The Labute approximate surface area is 182 Å². The molecule has 1 N–H and O–H groups in total. The fourth-order valence-electron chi connectivity index (χ4n) is 3.60. The van der Waals surface area contributed by atoms with Crippen LogP contribution in [-0.4, -0.2) is 21.7 Å². The van der Waals surface area contributed by atoms with Crippen LogP contribution < -0.4 is 4.90 Å². The Kier molecular flexibility index (Phi) is 5.27. The summed E-state index contributed by atoms with van der Waals surface area (Å²) in [6.07, 6.45) is 0. The van der Waals surface area contributed by atoms with Crippen LogP contribution in [0.25, 0.3) is 5.76 Å². The first kappa shape index (κ1) is 20.3. The van der Waals surface area contributed by atoms with Gasteiger partial charge in [0.1, 0.15) is 5.76 Å². The Hall–Kier alpha value is -3.97. The maximum absolute atomic E-state index is 13.0. The number of nitro groups is 1. The van der Waals surface area contributed by atoms with Crippen LogP contribution in [0.3, 0.4) is 0 Å². The van der Waals surface area contributed by atoms with Crippen LogP contribution in [0.15, 0.2) is 84.4 Å². The molecule has 1 saturated heterocycles. The molecule has 1 atom stereocenters. The van der Waals surface area contributed by atoms with Crippen molar-refractivity contribution in [3.05, 3.63) is 111 Å². The van der Waals surface area contributed by atoms with Gasteiger partial charge in [-0.25, -0.2) is 0 Å². The molecule has 154 valence electrons. The smallest absolute Gasteiger partial charge is 0.300 e. The van der Waals surface area contributed by atoms with Crippen LogP contribution >= 0.6 is 11.6 Å². The van der Waals surface area contributed by atoms with Gasteiger partial charge in [-0.1, -0.05) is 60.1 Å². The van der Waals surface area contributed by atoms with E-state index in [1.54, 1.807) is 54.6 Å². The Morgan fingerprint density at radius 1 is 0.968 bits per heavy atom. The lowest BCUT2D eigenvalue weighted by Crippen LogP contribution is -2.29. The topological polar surface area (TPSA) is 101 Å². The zero-order valence-electron chi connectivity index (χ0n) is 15.9. The number of amides is 1. The maximum Gasteiger partial charge on any atom is 0.300 e. The van der Waals surface area contributed by atoms with Gasteiger partial charge in [-0.3, -0.25) is 24.6 Å². The van der Waals surface area contributed by atoms with Crippen LogP contribution in [0, 0.1) is 10.1 Å². The zero-order valence-corrected chi connectivity index (χ0v) is 16.7. The minimum Gasteiger partial charge on any atom is -0.507 e. The fraction of sp³-hybridized carbons (Fsp3) is 0.0435. The molecule has 0 spiro atoms. The van der Waals surface area contributed by atoms with Crippen LogP contribution in [-0.2, 0) is 9.59 Å². The molecule has 7 nitrogen and oxygen atoms in total. The Morgan fingerprint density at radius 2 is 1.68 bits per heavy atom. The third-order valence-corrected chi connectivity index (χ3v) is 5.21. The third kappa shape index (κ3) is 3.67. The summed E-state index contributed by atoms with van der Waals surface area (Å²) in [6.45, 7) is 0. The molecule has 0 aliphatic carbocycles. The molecule has 1 heterocycles. The molecule has 0 saturated carbocycles. The molecule has 0 aromatic heterocycles. The molecule has 0 radical (unpaired) electrons. The van der Waals surface area contributed by atoms with Crippen molar-refractivity contribution in [2.45, 2.75) is 6.04 Å². The van der Waals surface area contributed by atoms with Gasteiger partial charge in [0.15, 0.2) is 0 Å². The van der Waals surface area contributed by atoms with Crippen molar-refractivity contribution in [2.24, 2.45) is 0 Å². The summed E-state index contributed by atoms with van der Waals surface area (Å²) in [5.41, 5.74) is 0.649. The molecule has 1 unspecified atom stereocenters. The van der Waals surface area contributed by atoms with Gasteiger partial charge in [-0.2, -0.15) is 0 Å². The molecular weight excluding hydrogens is 420 g/mol. The second-order valence-corrected chi connectivity index (χ2v) is 7.30. The Balaban J connectivity index is 1.95. The predicted octanol–water partition coefficient (Wildman–Crippen LogP) is 4.87. The molecule has 1 aliphatic heterocycles. The highest BCUT2D eigenvalue weighted by Gasteiger charge is 2.47. The van der Waals surface area contributed by atoms with E-state index in [4.69, 9.17) is 11.6 Å². The lowest BCUT2D eigenvalue weighted by atomic mass is 9.95. The molecular formula is C23H15ClN2O5. The first-order chi connectivity index (χ1) is 14.9. The predicted molar refractivity (Wildman–Crippen MR) is 116 cm³/mol. The highest BCUT2D eigenvalue weighted by molar-refractivity contribution is 6.51. The zero-order chi connectivity index (χ0) is 22.1. The number of ketones is 1. The van der Waals surface area contributed by atoms with Crippen molar-refractivity contribution in [2.75, 3.05) is 4.90 Å². The molecule has 0 bridgehead atoms. The number of benzene rings is 3. The number of aliphatic hydroxyl groups excluding tert-OH is 1. The minimum absolute atomic E-state index is 0.0687. The molecule has 31 heavy (non-hydrogen) atoms. The van der Waals surface area contributed by atoms with Crippen LogP contribution in [0.5, 0.6) is 0 Å². The summed E-state index contributed by atoms with van der Waals surface area (Å²) in [5.74, 6) is -2.21. The quantitative estimate of drug-likeness (QED) is 0.207. The van der Waals surface area contributed by atoms with Crippen LogP contribution in [0.1, 0.15) is 17.2 Å². The van der Waals surface area contributed by atoms with Crippen molar-refractivity contribution in [3.8, 4) is 0 Å². The van der Waals surface area contributed by atoms with E-state index in [0.29, 0.717) is 16.3 Å². The highest BCUT2D eigenvalue weighted by atomic mass is 35.5. The van der Waals surface area contributed by atoms with Gasteiger partial charge in [-0.05, 0) is 23.8 Å². The fourth-order valence-corrected chi connectivity index (χ4v) is 3.78. The van der Waals surface area contributed by atoms with Crippen molar-refractivity contribution < 1.29 is 19.6 Å². The SMILES string of the molecule is O=C1C(=O)N(c2cccc(Cl)c2)C(c2ccccc2)/C1=C(/O)c1cccc([N+](=O)[O-])c1. The lowest BCUT2D eigenvalue weighted by molar-refractivity contribution is -0.384. The van der Waals surface area contributed by atoms with Crippen molar-refractivity contribution in [1.82, 2.24) is 0 Å². The van der Waals surface area contributed by atoms with E-state index in [-0.39, 0.29) is 16.8 Å². The minimum atomic E-state index is -0.932. The summed E-state index contributed by atoms with van der Waals surface area (Å²) in [7, 11) is 0. The number of carbonyl (C=O) groups is 2. The number of anilines is 1. The average molecular weight is 435 g/mol. The van der Waals surface area contributed by atoms with Crippen LogP contribution in [0.2, 0.25) is 5.02 Å². The van der Waals surface area contributed by atoms with E-state index < -0.39 is 28.4 Å². The standard InChI is InChI=1S/C23H15ClN2O5/c24-16-9-5-10-17(13-16)25-20(14-6-2-1-3-7-14)19(22(28)23(25)29)21(27)15-8-4-11-18(12-15)26(30)31/h1-13,20,27H/b21-19-. The summed E-state index contributed by atoms with van der Waals surface area (Å²) in [4.78, 5) is 37.8. The van der Waals surface area contributed by atoms with Crippen molar-refractivity contribution in [1.29, 1.82) is 0 Å². The number of hydrogen-bond donors (Lipinski definition) is 1. The Bertz CT molecular complexity index is 1240. The highest BCUT2D eigenvalue weighted by Crippen LogP contribution is 2.42. The number of Topliss-reactive ketones (excluding diaryl/α,β-unsaturated/α-hetero) is 1. The number of rotatable bonds is 4. The summed E-state index contributed by atoms with van der Waals surface area (Å²) in [5, 5.41) is 22.5. The van der Waals surface area contributed by atoms with E-state index in [2.05, 4.69) is 0 Å². The summed E-state index contributed by atoms with van der Waals surface area (Å²) >= 11 is 6.09. The second-order valence-electron chi connectivity index (χ2n) is 6.87. The van der Waals surface area contributed by atoms with Crippen molar-refractivity contribution in [3.63, 3.8) is 0 Å². The summed E-state index contributed by atoms with van der Waals surface area (Å²) < 4.78 is 0. The van der Waals surface area contributed by atoms with Crippen molar-refractivity contribution >= 4 is 40.4 Å². The van der Waals surface area contributed by atoms with E-state index in [9.17, 15) is 24.8 Å². The molecule has 4 rings (SSSR count). The lowest BCUT2D eigenvalue weighted by Gasteiger charge is -2.25. The van der Waals surface area contributed by atoms with E-state index >= 15 is 0 Å². The number of carbonyl (C=O) groups excluding carboxylic acids is 2. The number of non-ortho nitro benzene ring substituents is 1. The van der Waals surface area contributed by atoms with E-state index in [1.807, 2.05) is 0 Å². The molecule has 1 fully saturated rings.